The molecule has 2 aliphatic carbocycles. The topological polar surface area (TPSA) is 21.3 Å². The molecule has 0 amide bonds. The summed E-state index contributed by atoms with van der Waals surface area (Å²) in [6, 6.07) is 0.567. The molecule has 3 atom stereocenters. The van der Waals surface area contributed by atoms with Crippen LogP contribution in [0.2, 0.25) is 0 Å². The standard InChI is InChI=1S/C14H25NO/c1-12(2)6-5-7-14-9-11(15-16-14)13(3,4)8-10(12)14/h10-11,15H,5-9H2,1-4H3/t10-,11+,14-/m1/s1. The van der Waals surface area contributed by atoms with Gasteiger partial charge >= 0.3 is 0 Å². The van der Waals surface area contributed by atoms with Crippen LogP contribution in [0.15, 0.2) is 0 Å². The molecule has 92 valence electrons. The molecule has 1 N–H and O–H groups in total. The Morgan fingerprint density at radius 1 is 1.00 bits per heavy atom. The van der Waals surface area contributed by atoms with E-state index in [9.17, 15) is 0 Å². The molecule has 3 rings (SSSR count). The number of fused-ring (bicyclic) bond motifs is 1. The number of rotatable bonds is 0. The number of nitrogens with one attached hydrogen (secondary N) is 1. The Labute approximate surface area is 99.1 Å². The molecule has 2 saturated carbocycles. The summed E-state index contributed by atoms with van der Waals surface area (Å²) < 4.78 is 0. The Hall–Kier alpha value is -0.0800. The summed E-state index contributed by atoms with van der Waals surface area (Å²) in [5.41, 5.74) is 4.34. The maximum absolute atomic E-state index is 6.09. The third kappa shape index (κ3) is 1.32. The third-order valence-corrected chi connectivity index (χ3v) is 5.63. The van der Waals surface area contributed by atoms with Gasteiger partial charge in [-0.15, -0.1) is 0 Å². The summed E-state index contributed by atoms with van der Waals surface area (Å²) in [4.78, 5) is 6.09. The lowest BCUT2D eigenvalue weighted by atomic mass is 9.51. The highest BCUT2D eigenvalue weighted by Crippen LogP contribution is 2.60. The molecule has 2 nitrogen and oxygen atoms in total. The highest BCUT2D eigenvalue weighted by molar-refractivity contribution is 5.11. The first-order valence-corrected chi connectivity index (χ1v) is 6.79. The molecule has 2 bridgehead atoms. The third-order valence-electron chi connectivity index (χ3n) is 5.63. The lowest BCUT2D eigenvalue weighted by Gasteiger charge is -2.54. The van der Waals surface area contributed by atoms with E-state index in [0.717, 1.165) is 5.92 Å². The molecule has 0 aromatic rings. The van der Waals surface area contributed by atoms with Gasteiger partial charge in [-0.2, -0.15) is 5.48 Å². The van der Waals surface area contributed by atoms with Gasteiger partial charge in [-0.3, -0.25) is 4.84 Å². The Morgan fingerprint density at radius 2 is 1.75 bits per heavy atom. The average molecular weight is 223 g/mol. The minimum absolute atomic E-state index is 0.169. The summed E-state index contributed by atoms with van der Waals surface area (Å²) in [5, 5.41) is 0. The maximum atomic E-state index is 6.09. The van der Waals surface area contributed by atoms with Crippen molar-refractivity contribution in [1.29, 1.82) is 0 Å². The van der Waals surface area contributed by atoms with Gasteiger partial charge in [0.1, 0.15) is 0 Å². The van der Waals surface area contributed by atoms with E-state index in [-0.39, 0.29) is 5.60 Å². The van der Waals surface area contributed by atoms with Crippen molar-refractivity contribution in [3.63, 3.8) is 0 Å². The van der Waals surface area contributed by atoms with Crippen LogP contribution < -0.4 is 5.48 Å². The second-order valence-electron chi connectivity index (χ2n) is 7.63. The van der Waals surface area contributed by atoms with Crippen molar-refractivity contribution < 1.29 is 4.84 Å². The molecule has 2 heteroatoms. The number of hydroxylamine groups is 1. The number of hydrogen-bond acceptors (Lipinski definition) is 2. The van der Waals surface area contributed by atoms with Crippen molar-refractivity contribution in [1.82, 2.24) is 5.48 Å². The van der Waals surface area contributed by atoms with Crippen molar-refractivity contribution in [3.05, 3.63) is 0 Å². The van der Waals surface area contributed by atoms with E-state index in [4.69, 9.17) is 4.84 Å². The molecule has 0 aromatic carbocycles. The summed E-state index contributed by atoms with van der Waals surface area (Å²) in [6.45, 7) is 9.68. The highest BCUT2D eigenvalue weighted by Gasteiger charge is 2.61. The van der Waals surface area contributed by atoms with Crippen molar-refractivity contribution in [3.8, 4) is 0 Å². The predicted octanol–water partition coefficient (Wildman–Crippen LogP) is 3.27. The molecule has 16 heavy (non-hydrogen) atoms. The van der Waals surface area contributed by atoms with Crippen LogP contribution in [0.4, 0.5) is 0 Å². The van der Waals surface area contributed by atoms with Crippen LogP contribution in [0, 0.1) is 16.7 Å². The minimum atomic E-state index is 0.169. The van der Waals surface area contributed by atoms with Crippen LogP contribution in [0.1, 0.15) is 59.8 Å². The average Bonchev–Trinajstić information content (AvgIpc) is 2.53. The SMILES string of the molecule is CC1(C)C[C@@H]2C(C)(C)CCC[C@@]23C[C@@H]1NO3. The van der Waals surface area contributed by atoms with Crippen LogP contribution in [-0.2, 0) is 4.84 Å². The van der Waals surface area contributed by atoms with E-state index in [0.29, 0.717) is 16.9 Å². The fourth-order valence-electron chi connectivity index (χ4n) is 4.45. The van der Waals surface area contributed by atoms with Crippen LogP contribution >= 0.6 is 0 Å². The van der Waals surface area contributed by atoms with Gasteiger partial charge in [-0.25, -0.2) is 0 Å². The van der Waals surface area contributed by atoms with Crippen LogP contribution in [0.5, 0.6) is 0 Å². The zero-order chi connectivity index (χ0) is 11.6. The molecule has 1 spiro atoms. The van der Waals surface area contributed by atoms with E-state index in [1.165, 1.54) is 32.1 Å². The van der Waals surface area contributed by atoms with Gasteiger partial charge in [-0.05, 0) is 48.9 Å². The first-order valence-electron chi connectivity index (χ1n) is 6.79. The van der Waals surface area contributed by atoms with Gasteiger partial charge in [0.05, 0.1) is 5.60 Å². The molecule has 1 heterocycles. The van der Waals surface area contributed by atoms with Crippen molar-refractivity contribution in [2.24, 2.45) is 16.7 Å². The van der Waals surface area contributed by atoms with Crippen LogP contribution in [0.3, 0.4) is 0 Å². The zero-order valence-electron chi connectivity index (χ0n) is 11.1. The molecular weight excluding hydrogens is 198 g/mol. The molecule has 0 aromatic heterocycles. The highest BCUT2D eigenvalue weighted by atomic mass is 16.7. The van der Waals surface area contributed by atoms with E-state index < -0.39 is 0 Å². The first kappa shape index (κ1) is 11.0. The molecular formula is C14H25NO. The van der Waals surface area contributed by atoms with Crippen molar-refractivity contribution in [2.75, 3.05) is 0 Å². The van der Waals surface area contributed by atoms with E-state index in [2.05, 4.69) is 33.2 Å². The molecule has 0 unspecified atom stereocenters. The summed E-state index contributed by atoms with van der Waals surface area (Å²) >= 11 is 0. The Morgan fingerprint density at radius 3 is 2.50 bits per heavy atom. The van der Waals surface area contributed by atoms with Gasteiger partial charge in [0, 0.05) is 6.04 Å². The molecule has 3 aliphatic rings. The second-order valence-corrected chi connectivity index (χ2v) is 7.63. The number of hydrogen-bond donors (Lipinski definition) is 1. The van der Waals surface area contributed by atoms with E-state index >= 15 is 0 Å². The van der Waals surface area contributed by atoms with E-state index in [1.807, 2.05) is 0 Å². The lowest BCUT2D eigenvalue weighted by molar-refractivity contribution is -0.149. The fraction of sp³-hybridized carbons (Fsp3) is 1.00. The minimum Gasteiger partial charge on any atom is -0.295 e. The van der Waals surface area contributed by atoms with Crippen LogP contribution in [-0.4, -0.2) is 11.6 Å². The van der Waals surface area contributed by atoms with E-state index in [1.54, 1.807) is 0 Å². The van der Waals surface area contributed by atoms with Crippen molar-refractivity contribution in [2.45, 2.75) is 71.4 Å². The lowest BCUT2D eigenvalue weighted by Crippen LogP contribution is -2.54. The molecule has 1 aliphatic heterocycles. The quantitative estimate of drug-likeness (QED) is 0.680. The van der Waals surface area contributed by atoms with Gasteiger partial charge in [0.25, 0.3) is 0 Å². The van der Waals surface area contributed by atoms with Gasteiger partial charge in [0.15, 0.2) is 0 Å². The summed E-state index contributed by atoms with van der Waals surface area (Å²) in [6.07, 6.45) is 6.51. The Balaban J connectivity index is 1.99. The predicted molar refractivity (Wildman–Crippen MR) is 64.9 cm³/mol. The maximum Gasteiger partial charge on any atom is 0.0946 e. The normalized spacial score (nSPS) is 48.8. The Bertz CT molecular complexity index is 310. The molecule has 0 radical (unpaired) electrons. The van der Waals surface area contributed by atoms with Gasteiger partial charge in [0.2, 0.25) is 0 Å². The van der Waals surface area contributed by atoms with Gasteiger partial charge in [-0.1, -0.05) is 27.7 Å². The Kier molecular flexibility index (Phi) is 2.09. The second kappa shape index (κ2) is 3.02. The fourth-order valence-corrected chi connectivity index (χ4v) is 4.45. The smallest absolute Gasteiger partial charge is 0.0946 e. The zero-order valence-corrected chi connectivity index (χ0v) is 11.1. The van der Waals surface area contributed by atoms with Crippen LogP contribution in [0.25, 0.3) is 0 Å². The van der Waals surface area contributed by atoms with Crippen molar-refractivity contribution >= 4 is 0 Å². The summed E-state index contributed by atoms with van der Waals surface area (Å²) in [5.74, 6) is 0.731. The monoisotopic (exact) mass is 223 g/mol. The summed E-state index contributed by atoms with van der Waals surface area (Å²) in [7, 11) is 0. The molecule has 1 saturated heterocycles. The molecule has 3 fully saturated rings. The largest absolute Gasteiger partial charge is 0.295 e. The van der Waals surface area contributed by atoms with Gasteiger partial charge < -0.3 is 0 Å². The first-order chi connectivity index (χ1) is 7.36.